The summed E-state index contributed by atoms with van der Waals surface area (Å²) in [5, 5.41) is 5.12. The summed E-state index contributed by atoms with van der Waals surface area (Å²) in [7, 11) is 3.33. The number of hydrogen-bond acceptors (Lipinski definition) is 6. The maximum Gasteiger partial charge on any atom is 0.318 e. The van der Waals surface area contributed by atoms with E-state index in [0.717, 1.165) is 23.4 Å². The van der Waals surface area contributed by atoms with Crippen molar-refractivity contribution in [1.29, 1.82) is 0 Å². The average molecular weight is 318 g/mol. The van der Waals surface area contributed by atoms with Gasteiger partial charge in [0.2, 0.25) is 0 Å². The van der Waals surface area contributed by atoms with Gasteiger partial charge in [0.05, 0.1) is 18.5 Å². The van der Waals surface area contributed by atoms with E-state index in [9.17, 15) is 4.79 Å². The zero-order chi connectivity index (χ0) is 15.7. The second-order valence-corrected chi connectivity index (χ2v) is 6.23. The Hall–Kier alpha value is -1.89. The van der Waals surface area contributed by atoms with Crippen LogP contribution in [0.15, 0.2) is 23.6 Å². The average Bonchev–Trinajstić information content (AvgIpc) is 2.92. The maximum absolute atomic E-state index is 12.6. The molecule has 0 radical (unpaired) electrons. The second-order valence-electron chi connectivity index (χ2n) is 5.45. The molecule has 3 rings (SSSR count). The van der Waals surface area contributed by atoms with Gasteiger partial charge in [-0.15, -0.1) is 0 Å². The quantitative estimate of drug-likeness (QED) is 0.486. The van der Waals surface area contributed by atoms with Crippen LogP contribution in [0.25, 0.3) is 0 Å². The molecule has 1 aliphatic carbocycles. The van der Waals surface area contributed by atoms with Crippen LogP contribution in [0.3, 0.4) is 0 Å². The fourth-order valence-corrected chi connectivity index (χ4v) is 3.44. The summed E-state index contributed by atoms with van der Waals surface area (Å²) in [6.07, 6.45) is 7.55. The molecule has 6 nitrogen and oxygen atoms in total. The van der Waals surface area contributed by atoms with Crippen LogP contribution in [0.1, 0.15) is 23.4 Å². The van der Waals surface area contributed by atoms with Gasteiger partial charge in [-0.1, -0.05) is 11.8 Å². The fourth-order valence-electron chi connectivity index (χ4n) is 3.09. The van der Waals surface area contributed by atoms with Crippen molar-refractivity contribution in [3.8, 4) is 0 Å². The third kappa shape index (κ3) is 2.39. The van der Waals surface area contributed by atoms with Gasteiger partial charge in [0.1, 0.15) is 5.41 Å². The van der Waals surface area contributed by atoms with E-state index < -0.39 is 5.41 Å². The van der Waals surface area contributed by atoms with Crippen molar-refractivity contribution in [2.24, 2.45) is 7.05 Å². The molecule has 0 bridgehead atoms. The first-order valence-electron chi connectivity index (χ1n) is 7.06. The van der Waals surface area contributed by atoms with Crippen LogP contribution in [0.2, 0.25) is 0 Å². The molecule has 1 aliphatic rings. The van der Waals surface area contributed by atoms with Crippen LogP contribution in [0.4, 0.5) is 0 Å². The van der Waals surface area contributed by atoms with E-state index in [1.54, 1.807) is 10.9 Å². The van der Waals surface area contributed by atoms with Gasteiger partial charge >= 0.3 is 5.97 Å². The van der Waals surface area contributed by atoms with E-state index in [4.69, 9.17) is 4.74 Å². The van der Waals surface area contributed by atoms with Gasteiger partial charge in [-0.2, -0.15) is 5.10 Å². The number of esters is 1. The SMILES string of the molecule is COC(=O)C1(c2ccnc(SC)n2)CCc2nn(C)cc2C1. The van der Waals surface area contributed by atoms with E-state index in [0.29, 0.717) is 18.0 Å². The van der Waals surface area contributed by atoms with Gasteiger partial charge in [-0.3, -0.25) is 9.48 Å². The Morgan fingerprint density at radius 3 is 3.05 bits per heavy atom. The van der Waals surface area contributed by atoms with Crippen LogP contribution >= 0.6 is 11.8 Å². The number of methoxy groups -OCH3 is 1. The summed E-state index contributed by atoms with van der Waals surface area (Å²) in [4.78, 5) is 21.3. The summed E-state index contributed by atoms with van der Waals surface area (Å²) in [5.41, 5.74) is 2.12. The van der Waals surface area contributed by atoms with Gasteiger partial charge in [0.25, 0.3) is 0 Å². The van der Waals surface area contributed by atoms with Crippen molar-refractivity contribution in [2.45, 2.75) is 29.8 Å². The topological polar surface area (TPSA) is 69.9 Å². The molecule has 116 valence electrons. The number of ether oxygens (including phenoxy) is 1. The van der Waals surface area contributed by atoms with Crippen molar-refractivity contribution in [3.63, 3.8) is 0 Å². The van der Waals surface area contributed by atoms with Gasteiger partial charge in [-0.25, -0.2) is 9.97 Å². The van der Waals surface area contributed by atoms with Crippen molar-refractivity contribution < 1.29 is 9.53 Å². The van der Waals surface area contributed by atoms with Crippen LogP contribution in [0.5, 0.6) is 0 Å². The first kappa shape index (κ1) is 15.0. The first-order valence-corrected chi connectivity index (χ1v) is 8.29. The Bertz CT molecular complexity index is 715. The maximum atomic E-state index is 12.6. The Kier molecular flexibility index (Phi) is 3.90. The molecule has 0 aliphatic heterocycles. The molecule has 0 spiro atoms. The van der Waals surface area contributed by atoms with Crippen LogP contribution < -0.4 is 0 Å². The molecule has 0 aromatic carbocycles. The Balaban J connectivity index is 2.08. The molecule has 0 fully saturated rings. The largest absolute Gasteiger partial charge is 0.468 e. The van der Waals surface area contributed by atoms with Crippen LogP contribution in [0, 0.1) is 0 Å². The van der Waals surface area contributed by atoms with Crippen molar-refractivity contribution in [3.05, 3.63) is 35.4 Å². The van der Waals surface area contributed by atoms with Gasteiger partial charge < -0.3 is 4.74 Å². The van der Waals surface area contributed by atoms with Gasteiger partial charge in [0, 0.05) is 19.4 Å². The fraction of sp³-hybridized carbons (Fsp3) is 0.467. The number of nitrogens with zero attached hydrogens (tertiary/aromatic N) is 4. The number of carbonyl (C=O) groups is 1. The monoisotopic (exact) mass is 318 g/mol. The van der Waals surface area contributed by atoms with Crippen molar-refractivity contribution >= 4 is 17.7 Å². The lowest BCUT2D eigenvalue weighted by atomic mass is 9.71. The number of hydrogen-bond donors (Lipinski definition) is 0. The lowest BCUT2D eigenvalue weighted by Gasteiger charge is -2.33. The minimum absolute atomic E-state index is 0.243. The zero-order valence-corrected chi connectivity index (χ0v) is 13.7. The summed E-state index contributed by atoms with van der Waals surface area (Å²) >= 11 is 1.46. The molecule has 2 heterocycles. The molecule has 1 atom stereocenters. The molecule has 22 heavy (non-hydrogen) atoms. The number of aromatic nitrogens is 4. The molecule has 7 heteroatoms. The third-order valence-electron chi connectivity index (χ3n) is 4.16. The van der Waals surface area contributed by atoms with E-state index in [-0.39, 0.29) is 5.97 Å². The molecule has 2 aromatic heterocycles. The lowest BCUT2D eigenvalue weighted by molar-refractivity contribution is -0.148. The van der Waals surface area contributed by atoms with E-state index in [1.165, 1.54) is 18.9 Å². The number of thioether (sulfide) groups is 1. The highest BCUT2D eigenvalue weighted by Crippen LogP contribution is 2.38. The normalized spacial score (nSPS) is 20.5. The van der Waals surface area contributed by atoms with Gasteiger partial charge in [-0.05, 0) is 37.1 Å². The van der Waals surface area contributed by atoms with Crippen molar-refractivity contribution in [1.82, 2.24) is 19.7 Å². The summed E-state index contributed by atoms with van der Waals surface area (Å²) in [6.45, 7) is 0. The lowest BCUT2D eigenvalue weighted by Crippen LogP contribution is -2.43. The number of rotatable bonds is 3. The highest BCUT2D eigenvalue weighted by atomic mass is 32.2. The Labute approximate surface area is 133 Å². The second kappa shape index (κ2) is 5.72. The number of fused-ring (bicyclic) bond motifs is 1. The highest BCUT2D eigenvalue weighted by molar-refractivity contribution is 7.98. The van der Waals surface area contributed by atoms with Crippen LogP contribution in [-0.4, -0.2) is 39.1 Å². The standard InChI is InChI=1S/C15H18N4O2S/c1-19-9-10-8-15(13(20)21-2,6-4-11(10)18-19)12-5-7-16-14(17-12)22-3/h5,7,9H,4,6,8H2,1-3H3. The van der Waals surface area contributed by atoms with E-state index in [1.807, 2.05) is 25.6 Å². The molecule has 1 unspecified atom stereocenters. The molecular weight excluding hydrogens is 300 g/mol. The first-order chi connectivity index (χ1) is 10.6. The Morgan fingerprint density at radius 2 is 2.32 bits per heavy atom. The zero-order valence-electron chi connectivity index (χ0n) is 12.9. The minimum Gasteiger partial charge on any atom is -0.468 e. The number of carbonyl (C=O) groups excluding carboxylic acids is 1. The summed E-state index contributed by atoms with van der Waals surface area (Å²) < 4.78 is 6.91. The Morgan fingerprint density at radius 1 is 1.50 bits per heavy atom. The predicted octanol–water partition coefficient (Wildman–Crippen LogP) is 1.53. The molecule has 0 saturated carbocycles. The number of aryl methyl sites for hydroxylation is 2. The molecule has 2 aromatic rings. The van der Waals surface area contributed by atoms with Crippen LogP contribution in [-0.2, 0) is 34.8 Å². The molecule has 0 amide bonds. The van der Waals surface area contributed by atoms with E-state index in [2.05, 4.69) is 15.1 Å². The molecule has 0 saturated heterocycles. The molecular formula is C15H18N4O2S. The highest BCUT2D eigenvalue weighted by Gasteiger charge is 2.46. The minimum atomic E-state index is -0.752. The van der Waals surface area contributed by atoms with E-state index >= 15 is 0 Å². The summed E-state index contributed by atoms with van der Waals surface area (Å²) in [6, 6.07) is 1.82. The molecule has 0 N–H and O–H groups in total. The smallest absolute Gasteiger partial charge is 0.318 e. The summed E-state index contributed by atoms with van der Waals surface area (Å²) in [5.74, 6) is -0.243. The predicted molar refractivity (Wildman–Crippen MR) is 82.7 cm³/mol. The van der Waals surface area contributed by atoms with Gasteiger partial charge in [0.15, 0.2) is 5.16 Å². The van der Waals surface area contributed by atoms with Crippen molar-refractivity contribution in [2.75, 3.05) is 13.4 Å². The third-order valence-corrected chi connectivity index (χ3v) is 4.72.